The van der Waals surface area contributed by atoms with Gasteiger partial charge in [0.1, 0.15) is 0 Å². The molecule has 0 heterocycles. The maximum absolute atomic E-state index is 12.3. The van der Waals surface area contributed by atoms with Crippen molar-refractivity contribution in [2.45, 2.75) is 19.1 Å². The number of hydrogen-bond acceptors (Lipinski definition) is 1. The van der Waals surface area contributed by atoms with Crippen molar-refractivity contribution >= 4 is 21.8 Å². The van der Waals surface area contributed by atoms with Crippen molar-refractivity contribution in [1.29, 1.82) is 0 Å². The average Bonchev–Trinajstić information content (AvgIpc) is 2.27. The van der Waals surface area contributed by atoms with Crippen molar-refractivity contribution in [1.82, 2.24) is 5.32 Å². The largest absolute Gasteiger partial charge is 0.416 e. The highest BCUT2D eigenvalue weighted by Crippen LogP contribution is 2.29. The van der Waals surface area contributed by atoms with Gasteiger partial charge in [0.25, 0.3) is 5.91 Å². The number of benzene rings is 1. The summed E-state index contributed by atoms with van der Waals surface area (Å²) in [5.41, 5.74) is -0.548. The second-order valence-corrected chi connectivity index (χ2v) is 4.25. The first-order valence-corrected chi connectivity index (χ1v) is 6.01. The van der Waals surface area contributed by atoms with Crippen LogP contribution in [0.4, 0.5) is 13.2 Å². The first-order valence-electron chi connectivity index (χ1n) is 4.88. The van der Waals surface area contributed by atoms with Crippen LogP contribution in [-0.2, 0) is 6.18 Å². The highest BCUT2D eigenvalue weighted by atomic mass is 79.9. The number of carbonyl (C=O) groups excluding carboxylic acids is 1. The minimum absolute atomic E-state index is 0.0789. The van der Waals surface area contributed by atoms with E-state index in [0.29, 0.717) is 5.33 Å². The lowest BCUT2D eigenvalue weighted by molar-refractivity contribution is -0.137. The molecule has 1 aromatic carbocycles. The predicted molar refractivity (Wildman–Crippen MR) is 62.2 cm³/mol. The molecular weight excluding hydrogens is 299 g/mol. The summed E-state index contributed by atoms with van der Waals surface area (Å²) in [6.45, 7) is 1.79. The summed E-state index contributed by atoms with van der Waals surface area (Å²) < 4.78 is 36.8. The molecular formula is C11H11BrF3NO. The van der Waals surface area contributed by atoms with Crippen molar-refractivity contribution in [2.75, 3.05) is 5.33 Å². The summed E-state index contributed by atoms with van der Waals surface area (Å²) >= 11 is 3.19. The topological polar surface area (TPSA) is 29.1 Å². The van der Waals surface area contributed by atoms with Crippen LogP contribution in [0.25, 0.3) is 0 Å². The van der Waals surface area contributed by atoms with Crippen LogP contribution in [-0.4, -0.2) is 17.3 Å². The summed E-state index contributed by atoms with van der Waals surface area (Å²) in [6, 6.07) is 4.05. The highest BCUT2D eigenvalue weighted by molar-refractivity contribution is 9.09. The zero-order chi connectivity index (χ0) is 13.1. The van der Waals surface area contributed by atoms with Crippen molar-refractivity contribution < 1.29 is 18.0 Å². The van der Waals surface area contributed by atoms with Crippen molar-refractivity contribution in [3.63, 3.8) is 0 Å². The van der Waals surface area contributed by atoms with Gasteiger partial charge in [0.05, 0.1) is 5.56 Å². The first kappa shape index (κ1) is 14.0. The normalized spacial score (nSPS) is 13.2. The number of rotatable bonds is 3. The third-order valence-corrected chi connectivity index (χ3v) is 3.05. The van der Waals surface area contributed by atoms with Gasteiger partial charge in [-0.25, -0.2) is 0 Å². The van der Waals surface area contributed by atoms with Crippen LogP contribution in [0.3, 0.4) is 0 Å². The average molecular weight is 310 g/mol. The molecule has 0 saturated heterocycles. The lowest BCUT2D eigenvalue weighted by Crippen LogP contribution is -2.33. The highest BCUT2D eigenvalue weighted by Gasteiger charge is 2.30. The molecule has 2 nitrogen and oxygen atoms in total. The maximum atomic E-state index is 12.3. The summed E-state index contributed by atoms with van der Waals surface area (Å²) in [4.78, 5) is 11.6. The number of hydrogen-bond donors (Lipinski definition) is 1. The summed E-state index contributed by atoms with van der Waals surface area (Å²) in [6.07, 6.45) is -4.38. The number of nitrogens with one attached hydrogen (secondary N) is 1. The van der Waals surface area contributed by atoms with Gasteiger partial charge in [0.2, 0.25) is 0 Å². The van der Waals surface area contributed by atoms with Gasteiger partial charge in [-0.2, -0.15) is 13.2 Å². The quantitative estimate of drug-likeness (QED) is 0.853. The Morgan fingerprint density at radius 1 is 1.35 bits per heavy atom. The molecule has 1 aromatic rings. The van der Waals surface area contributed by atoms with Crippen LogP contribution < -0.4 is 5.32 Å². The Morgan fingerprint density at radius 2 is 1.88 bits per heavy atom. The number of alkyl halides is 4. The Morgan fingerprint density at radius 3 is 2.29 bits per heavy atom. The lowest BCUT2D eigenvalue weighted by Gasteiger charge is -2.11. The second-order valence-electron chi connectivity index (χ2n) is 3.60. The molecule has 94 valence electrons. The molecule has 1 atom stereocenters. The molecule has 1 amide bonds. The first-order chi connectivity index (χ1) is 7.84. The van der Waals surface area contributed by atoms with Gasteiger partial charge in [0, 0.05) is 16.9 Å². The minimum Gasteiger partial charge on any atom is -0.349 e. The van der Waals surface area contributed by atoms with E-state index in [1.807, 2.05) is 0 Å². The van der Waals surface area contributed by atoms with Gasteiger partial charge in [-0.3, -0.25) is 4.79 Å². The second kappa shape index (κ2) is 5.53. The van der Waals surface area contributed by atoms with Gasteiger partial charge in [-0.15, -0.1) is 0 Å². The van der Waals surface area contributed by atoms with E-state index in [0.717, 1.165) is 12.1 Å². The number of carbonyl (C=O) groups is 1. The Kier molecular flexibility index (Phi) is 4.56. The molecule has 17 heavy (non-hydrogen) atoms. The smallest absolute Gasteiger partial charge is 0.349 e. The van der Waals surface area contributed by atoms with Crippen LogP contribution in [0, 0.1) is 0 Å². The van der Waals surface area contributed by atoms with E-state index in [2.05, 4.69) is 21.2 Å². The molecule has 0 radical (unpaired) electrons. The molecule has 1 rings (SSSR count). The van der Waals surface area contributed by atoms with Crippen LogP contribution in [0.1, 0.15) is 22.8 Å². The molecule has 1 unspecified atom stereocenters. The Balaban J connectivity index is 2.78. The van der Waals surface area contributed by atoms with E-state index in [9.17, 15) is 18.0 Å². The van der Waals surface area contributed by atoms with E-state index in [4.69, 9.17) is 0 Å². The van der Waals surface area contributed by atoms with E-state index >= 15 is 0 Å². The van der Waals surface area contributed by atoms with Gasteiger partial charge >= 0.3 is 6.18 Å². The lowest BCUT2D eigenvalue weighted by atomic mass is 10.1. The molecule has 0 aliphatic rings. The van der Waals surface area contributed by atoms with Gasteiger partial charge in [-0.1, -0.05) is 15.9 Å². The van der Waals surface area contributed by atoms with E-state index in [1.54, 1.807) is 6.92 Å². The molecule has 0 spiro atoms. The standard InChI is InChI=1S/C11H11BrF3NO/c1-7(6-12)16-10(17)8-2-4-9(5-3-8)11(13,14)15/h2-5,7H,6H2,1H3,(H,16,17). The number of halogens is 4. The van der Waals surface area contributed by atoms with E-state index in [-0.39, 0.29) is 17.5 Å². The van der Waals surface area contributed by atoms with Gasteiger partial charge in [-0.05, 0) is 31.2 Å². The monoisotopic (exact) mass is 309 g/mol. The maximum Gasteiger partial charge on any atom is 0.416 e. The molecule has 1 N–H and O–H groups in total. The summed E-state index contributed by atoms with van der Waals surface area (Å²) in [5.74, 6) is -0.384. The van der Waals surface area contributed by atoms with Gasteiger partial charge < -0.3 is 5.32 Å². The van der Waals surface area contributed by atoms with Crippen LogP contribution in [0.15, 0.2) is 24.3 Å². The fraction of sp³-hybridized carbons (Fsp3) is 0.364. The van der Waals surface area contributed by atoms with Crippen molar-refractivity contribution in [2.24, 2.45) is 0 Å². The van der Waals surface area contributed by atoms with Crippen LogP contribution >= 0.6 is 15.9 Å². The number of amides is 1. The van der Waals surface area contributed by atoms with Gasteiger partial charge in [0.15, 0.2) is 0 Å². The predicted octanol–water partition coefficient (Wildman–Crippen LogP) is 3.22. The zero-order valence-corrected chi connectivity index (χ0v) is 10.6. The zero-order valence-electron chi connectivity index (χ0n) is 9.01. The fourth-order valence-corrected chi connectivity index (χ4v) is 1.32. The van der Waals surface area contributed by atoms with Crippen LogP contribution in [0.2, 0.25) is 0 Å². The molecule has 0 aliphatic carbocycles. The molecule has 0 saturated carbocycles. The molecule has 0 aromatic heterocycles. The third kappa shape index (κ3) is 4.03. The van der Waals surface area contributed by atoms with Crippen molar-refractivity contribution in [3.8, 4) is 0 Å². The minimum atomic E-state index is -4.38. The Hall–Kier alpha value is -1.04. The van der Waals surface area contributed by atoms with E-state index in [1.165, 1.54) is 12.1 Å². The van der Waals surface area contributed by atoms with Crippen LogP contribution in [0.5, 0.6) is 0 Å². The van der Waals surface area contributed by atoms with E-state index < -0.39 is 11.7 Å². The Labute approximate surface area is 105 Å². The van der Waals surface area contributed by atoms with Crippen molar-refractivity contribution in [3.05, 3.63) is 35.4 Å². The molecule has 6 heteroatoms. The molecule has 0 bridgehead atoms. The summed E-state index contributed by atoms with van der Waals surface area (Å²) in [5, 5.41) is 3.22. The molecule has 0 aliphatic heterocycles. The SMILES string of the molecule is CC(CBr)NC(=O)c1ccc(C(F)(F)F)cc1. The fourth-order valence-electron chi connectivity index (χ4n) is 1.16. The third-order valence-electron chi connectivity index (χ3n) is 2.08. The Bertz CT molecular complexity index is 389. The molecule has 0 fully saturated rings. The summed E-state index contributed by atoms with van der Waals surface area (Å²) in [7, 11) is 0.